The van der Waals surface area contributed by atoms with E-state index in [4.69, 9.17) is 4.74 Å². The summed E-state index contributed by atoms with van der Waals surface area (Å²) in [5.74, 6) is -0.0559. The van der Waals surface area contributed by atoms with Gasteiger partial charge in [0.2, 0.25) is 5.91 Å². The Labute approximate surface area is 462 Å². The molecule has 6 heteroatoms. The predicted octanol–water partition coefficient (Wildman–Crippen LogP) is 21.4. The van der Waals surface area contributed by atoms with Crippen LogP contribution in [0.3, 0.4) is 0 Å². The van der Waals surface area contributed by atoms with Crippen LogP contribution in [0.4, 0.5) is 0 Å². The molecule has 0 saturated heterocycles. The maximum Gasteiger partial charge on any atom is 0.305 e. The molecule has 0 spiro atoms. The van der Waals surface area contributed by atoms with Gasteiger partial charge in [-0.1, -0.05) is 327 Å². The van der Waals surface area contributed by atoms with E-state index < -0.39 is 12.1 Å². The lowest BCUT2D eigenvalue weighted by molar-refractivity contribution is -0.143. The quantitative estimate of drug-likeness (QED) is 0.0320. The molecule has 0 bridgehead atoms. The van der Waals surface area contributed by atoms with Crippen LogP contribution in [-0.2, 0) is 14.3 Å². The van der Waals surface area contributed by atoms with Crippen LogP contribution in [0.1, 0.15) is 373 Å². The van der Waals surface area contributed by atoms with Crippen LogP contribution in [0.2, 0.25) is 0 Å². The maximum atomic E-state index is 12.5. The van der Waals surface area contributed by atoms with E-state index in [1.807, 2.05) is 6.08 Å². The number of aliphatic hydroxyl groups is 2. The van der Waals surface area contributed by atoms with Crippen LogP contribution in [-0.4, -0.2) is 47.4 Å². The van der Waals surface area contributed by atoms with Crippen molar-refractivity contribution in [2.75, 3.05) is 13.2 Å². The normalized spacial score (nSPS) is 12.6. The summed E-state index contributed by atoms with van der Waals surface area (Å²) >= 11 is 0. The highest BCUT2D eigenvalue weighted by molar-refractivity contribution is 5.76. The first kappa shape index (κ1) is 72.3. The van der Waals surface area contributed by atoms with Crippen LogP contribution in [0.15, 0.2) is 24.3 Å². The van der Waals surface area contributed by atoms with E-state index in [-0.39, 0.29) is 18.5 Å². The fourth-order valence-electron chi connectivity index (χ4n) is 10.6. The molecule has 0 radical (unpaired) electrons. The van der Waals surface area contributed by atoms with E-state index in [9.17, 15) is 19.8 Å². The standard InChI is InChI=1S/C68H131NO5/c1-3-5-7-9-11-13-15-17-19-20-26-30-34-38-42-46-50-54-58-62-68(73)74-63-59-55-51-47-43-39-35-31-28-25-23-21-22-24-27-29-33-37-41-45-49-53-57-61-67(72)69-65(64-70)66(71)60-56-52-48-44-40-36-32-18-16-14-12-10-8-6-4-2/h24,27,56,60,65-66,70-71H,3-23,25-26,28-55,57-59,61-64H2,1-2H3,(H,69,72)/b27-24-,60-56+. The van der Waals surface area contributed by atoms with Crippen LogP contribution in [0.25, 0.3) is 0 Å². The number of ether oxygens (including phenoxy) is 1. The number of unbranched alkanes of at least 4 members (excludes halogenated alkanes) is 50. The summed E-state index contributed by atoms with van der Waals surface area (Å²) in [4.78, 5) is 24.6. The molecule has 0 fully saturated rings. The summed E-state index contributed by atoms with van der Waals surface area (Å²) < 4.78 is 5.51. The van der Waals surface area contributed by atoms with Gasteiger partial charge in [-0.15, -0.1) is 0 Å². The number of esters is 1. The number of hydrogen-bond acceptors (Lipinski definition) is 5. The van der Waals surface area contributed by atoms with Gasteiger partial charge in [0.1, 0.15) is 0 Å². The molecule has 74 heavy (non-hydrogen) atoms. The minimum Gasteiger partial charge on any atom is -0.466 e. The molecule has 6 nitrogen and oxygen atoms in total. The van der Waals surface area contributed by atoms with Crippen molar-refractivity contribution in [1.82, 2.24) is 5.32 Å². The molecule has 2 atom stereocenters. The van der Waals surface area contributed by atoms with E-state index in [1.165, 1.54) is 302 Å². The molecular formula is C68H131NO5. The van der Waals surface area contributed by atoms with Gasteiger partial charge in [-0.05, 0) is 57.8 Å². The largest absolute Gasteiger partial charge is 0.466 e. The van der Waals surface area contributed by atoms with Crippen molar-refractivity contribution in [3.63, 3.8) is 0 Å². The van der Waals surface area contributed by atoms with Gasteiger partial charge in [-0.3, -0.25) is 9.59 Å². The summed E-state index contributed by atoms with van der Waals surface area (Å²) in [7, 11) is 0. The van der Waals surface area contributed by atoms with Crippen LogP contribution < -0.4 is 5.32 Å². The summed E-state index contributed by atoms with van der Waals surface area (Å²) in [5, 5.41) is 23.1. The zero-order valence-electron chi connectivity index (χ0n) is 50.1. The topological polar surface area (TPSA) is 95.9 Å². The van der Waals surface area contributed by atoms with Crippen molar-refractivity contribution in [3.8, 4) is 0 Å². The molecule has 1 amide bonds. The molecule has 438 valence electrons. The number of aliphatic hydroxyl groups excluding tert-OH is 2. The van der Waals surface area contributed by atoms with E-state index in [1.54, 1.807) is 6.08 Å². The molecule has 0 heterocycles. The summed E-state index contributed by atoms with van der Waals surface area (Å²) in [6.07, 6.45) is 79.5. The Morgan fingerprint density at radius 3 is 0.959 bits per heavy atom. The lowest BCUT2D eigenvalue weighted by atomic mass is 10.0. The second-order valence-corrected chi connectivity index (χ2v) is 23.2. The summed E-state index contributed by atoms with van der Waals surface area (Å²) in [6, 6.07) is -0.632. The van der Waals surface area contributed by atoms with Gasteiger partial charge in [0.15, 0.2) is 0 Å². The molecule has 0 aromatic rings. The van der Waals surface area contributed by atoms with Crippen molar-refractivity contribution in [3.05, 3.63) is 24.3 Å². The number of allylic oxidation sites excluding steroid dienone is 3. The van der Waals surface area contributed by atoms with E-state index in [0.717, 1.165) is 44.9 Å². The van der Waals surface area contributed by atoms with Gasteiger partial charge in [0, 0.05) is 12.8 Å². The number of carbonyl (C=O) groups excluding carboxylic acids is 2. The molecule has 3 N–H and O–H groups in total. The molecule has 2 unspecified atom stereocenters. The first-order valence-corrected chi connectivity index (χ1v) is 33.6. The Morgan fingerprint density at radius 1 is 0.365 bits per heavy atom. The third-order valence-corrected chi connectivity index (χ3v) is 15.7. The lowest BCUT2D eigenvalue weighted by Gasteiger charge is -2.20. The predicted molar refractivity (Wildman–Crippen MR) is 324 cm³/mol. The second-order valence-electron chi connectivity index (χ2n) is 23.2. The molecule has 0 aliphatic rings. The smallest absolute Gasteiger partial charge is 0.305 e. The minimum absolute atomic E-state index is 0.0163. The fraction of sp³-hybridized carbons (Fsp3) is 0.912. The van der Waals surface area contributed by atoms with Gasteiger partial charge in [0.25, 0.3) is 0 Å². The first-order valence-electron chi connectivity index (χ1n) is 33.6. The molecule has 0 aliphatic heterocycles. The van der Waals surface area contributed by atoms with Crippen molar-refractivity contribution in [2.24, 2.45) is 0 Å². The molecule has 0 saturated carbocycles. The van der Waals surface area contributed by atoms with Gasteiger partial charge in [-0.25, -0.2) is 0 Å². The number of carbonyl (C=O) groups is 2. The highest BCUT2D eigenvalue weighted by Gasteiger charge is 2.18. The molecule has 0 aliphatic carbocycles. The van der Waals surface area contributed by atoms with Crippen molar-refractivity contribution >= 4 is 11.9 Å². The molecule has 0 aromatic heterocycles. The summed E-state index contributed by atoms with van der Waals surface area (Å²) in [6.45, 7) is 4.93. The monoisotopic (exact) mass is 1040 g/mol. The Kier molecular flexibility index (Phi) is 62.4. The van der Waals surface area contributed by atoms with Crippen LogP contribution >= 0.6 is 0 Å². The highest BCUT2D eigenvalue weighted by Crippen LogP contribution is 2.18. The number of hydrogen-bond donors (Lipinski definition) is 3. The van der Waals surface area contributed by atoms with E-state index in [2.05, 4.69) is 31.3 Å². The van der Waals surface area contributed by atoms with Crippen molar-refractivity contribution < 1.29 is 24.5 Å². The number of rotatable bonds is 63. The second kappa shape index (κ2) is 63.9. The third kappa shape index (κ3) is 59.6. The van der Waals surface area contributed by atoms with Crippen LogP contribution in [0, 0.1) is 0 Å². The van der Waals surface area contributed by atoms with E-state index in [0.29, 0.717) is 19.4 Å². The zero-order chi connectivity index (χ0) is 53.6. The Balaban J connectivity index is 3.39. The van der Waals surface area contributed by atoms with E-state index >= 15 is 0 Å². The number of amides is 1. The lowest BCUT2D eigenvalue weighted by Crippen LogP contribution is -2.45. The van der Waals surface area contributed by atoms with Crippen molar-refractivity contribution in [1.29, 1.82) is 0 Å². The van der Waals surface area contributed by atoms with Gasteiger partial charge < -0.3 is 20.3 Å². The Hall–Kier alpha value is -1.66. The SMILES string of the molecule is CCCCCCCCCCCCCCC/C=C/C(O)C(CO)NC(=O)CCCCCCCCC/C=C\CCCCCCCCCCCCCCOC(=O)CCCCCCCCCCCCCCCCCCCCC. The molecule has 0 rings (SSSR count). The Morgan fingerprint density at radius 2 is 0.635 bits per heavy atom. The maximum absolute atomic E-state index is 12.5. The fourth-order valence-corrected chi connectivity index (χ4v) is 10.6. The average molecular weight is 1040 g/mol. The Bertz CT molecular complexity index is 1150. The summed E-state index contributed by atoms with van der Waals surface area (Å²) in [5.41, 5.74) is 0. The first-order chi connectivity index (χ1) is 36.5. The minimum atomic E-state index is -0.848. The van der Waals surface area contributed by atoms with Gasteiger partial charge >= 0.3 is 5.97 Å². The zero-order valence-corrected chi connectivity index (χ0v) is 50.1. The van der Waals surface area contributed by atoms with Gasteiger partial charge in [-0.2, -0.15) is 0 Å². The highest BCUT2D eigenvalue weighted by atomic mass is 16.5. The molecule has 0 aromatic carbocycles. The average Bonchev–Trinajstić information content (AvgIpc) is 3.40. The van der Waals surface area contributed by atoms with Crippen molar-refractivity contribution in [2.45, 2.75) is 386 Å². The molecular weight excluding hydrogens is 911 g/mol. The van der Waals surface area contributed by atoms with Gasteiger partial charge in [0.05, 0.1) is 25.4 Å². The third-order valence-electron chi connectivity index (χ3n) is 15.7. The number of nitrogens with one attached hydrogen (secondary N) is 1. The van der Waals surface area contributed by atoms with Crippen LogP contribution in [0.5, 0.6) is 0 Å².